The third-order valence-corrected chi connectivity index (χ3v) is 3.89. The number of sulfone groups is 1. The zero-order valence-electron chi connectivity index (χ0n) is 11.6. The molecule has 0 aromatic heterocycles. The van der Waals surface area contributed by atoms with Gasteiger partial charge in [-0.15, -0.1) is 0 Å². The van der Waals surface area contributed by atoms with Crippen molar-refractivity contribution in [2.75, 3.05) is 26.5 Å². The summed E-state index contributed by atoms with van der Waals surface area (Å²) in [4.78, 5) is 12.2. The number of carbonyl (C=O) groups excluding carboxylic acids is 1. The average Bonchev–Trinajstić information content (AvgIpc) is 2.38. The number of rotatable bonds is 7. The Bertz CT molecular complexity index is 534. The summed E-state index contributed by atoms with van der Waals surface area (Å²) in [7, 11) is -1.70. The number of carbonyl (C=O) groups is 1. The highest BCUT2D eigenvalue weighted by Crippen LogP contribution is 2.10. The van der Waals surface area contributed by atoms with Gasteiger partial charge in [0.05, 0.1) is 17.5 Å². The van der Waals surface area contributed by atoms with Crippen molar-refractivity contribution in [1.82, 2.24) is 5.32 Å². The second-order valence-electron chi connectivity index (χ2n) is 4.50. The molecule has 0 aliphatic rings. The Morgan fingerprint density at radius 2 is 1.95 bits per heavy atom. The molecule has 1 aromatic rings. The summed E-state index contributed by atoms with van der Waals surface area (Å²) in [6.45, 7) is 0.825. The molecule has 7 heteroatoms. The molecular formula is C13H20N2O4S. The van der Waals surface area contributed by atoms with Gasteiger partial charge in [-0.05, 0) is 37.2 Å². The first-order chi connectivity index (χ1) is 9.38. The van der Waals surface area contributed by atoms with E-state index in [1.54, 1.807) is 7.11 Å². The van der Waals surface area contributed by atoms with Gasteiger partial charge in [0.15, 0.2) is 9.84 Å². The molecule has 6 nitrogen and oxygen atoms in total. The van der Waals surface area contributed by atoms with E-state index in [0.717, 1.165) is 6.26 Å². The third-order valence-electron chi connectivity index (χ3n) is 2.76. The smallest absolute Gasteiger partial charge is 0.251 e. The Morgan fingerprint density at radius 1 is 1.35 bits per heavy atom. The molecule has 0 heterocycles. The van der Waals surface area contributed by atoms with E-state index in [1.807, 2.05) is 0 Å². The predicted octanol–water partition coefficient (Wildman–Crippen LogP) is 0.184. The first-order valence-corrected chi connectivity index (χ1v) is 8.07. The SMILES string of the molecule is COCC(CCN)NC(=O)c1ccc(S(C)(=O)=O)cc1. The molecule has 0 saturated carbocycles. The van der Waals surface area contributed by atoms with Crippen LogP contribution in [0.15, 0.2) is 29.2 Å². The maximum Gasteiger partial charge on any atom is 0.251 e. The maximum atomic E-state index is 12.0. The van der Waals surface area contributed by atoms with Crippen molar-refractivity contribution in [3.63, 3.8) is 0 Å². The molecule has 1 unspecified atom stereocenters. The van der Waals surface area contributed by atoms with Crippen molar-refractivity contribution in [2.45, 2.75) is 17.4 Å². The van der Waals surface area contributed by atoms with E-state index in [-0.39, 0.29) is 16.8 Å². The summed E-state index contributed by atoms with van der Waals surface area (Å²) in [5.74, 6) is -0.277. The van der Waals surface area contributed by atoms with E-state index >= 15 is 0 Å². The lowest BCUT2D eigenvalue weighted by atomic mass is 10.1. The second kappa shape index (κ2) is 7.37. The molecule has 0 aliphatic carbocycles. The standard InChI is InChI=1S/C13H20N2O4S/c1-19-9-11(7-8-14)15-13(16)10-3-5-12(6-4-10)20(2,17)18/h3-6,11H,7-9,14H2,1-2H3,(H,15,16). The van der Waals surface area contributed by atoms with Crippen LogP contribution in [-0.2, 0) is 14.6 Å². The summed E-state index contributed by atoms with van der Waals surface area (Å²) in [5.41, 5.74) is 5.87. The van der Waals surface area contributed by atoms with Crippen LogP contribution < -0.4 is 11.1 Å². The molecule has 1 aromatic carbocycles. The minimum absolute atomic E-state index is 0.160. The number of hydrogen-bond donors (Lipinski definition) is 2. The van der Waals surface area contributed by atoms with Gasteiger partial charge >= 0.3 is 0 Å². The minimum Gasteiger partial charge on any atom is -0.383 e. The van der Waals surface area contributed by atoms with Crippen molar-refractivity contribution < 1.29 is 17.9 Å². The fourth-order valence-electron chi connectivity index (χ4n) is 1.72. The molecule has 0 radical (unpaired) electrons. The highest BCUT2D eigenvalue weighted by molar-refractivity contribution is 7.90. The lowest BCUT2D eigenvalue weighted by molar-refractivity contribution is 0.0893. The summed E-state index contributed by atoms with van der Waals surface area (Å²) in [6.07, 6.45) is 1.74. The largest absolute Gasteiger partial charge is 0.383 e. The Hall–Kier alpha value is -1.44. The summed E-state index contributed by atoms with van der Waals surface area (Å²) < 4.78 is 27.7. The zero-order valence-corrected chi connectivity index (χ0v) is 12.4. The van der Waals surface area contributed by atoms with E-state index in [9.17, 15) is 13.2 Å². The fourth-order valence-corrected chi connectivity index (χ4v) is 2.35. The van der Waals surface area contributed by atoms with Crippen LogP contribution in [0.3, 0.4) is 0 Å². The molecule has 112 valence electrons. The van der Waals surface area contributed by atoms with Gasteiger partial charge in [0, 0.05) is 18.9 Å². The van der Waals surface area contributed by atoms with Crippen molar-refractivity contribution in [3.05, 3.63) is 29.8 Å². The first kappa shape index (κ1) is 16.6. The molecular weight excluding hydrogens is 280 g/mol. The molecule has 0 spiro atoms. The van der Waals surface area contributed by atoms with Crippen LogP contribution >= 0.6 is 0 Å². The number of ether oxygens (including phenoxy) is 1. The average molecular weight is 300 g/mol. The van der Waals surface area contributed by atoms with E-state index < -0.39 is 9.84 Å². The van der Waals surface area contributed by atoms with Gasteiger partial charge in [0.25, 0.3) is 5.91 Å². The highest BCUT2D eigenvalue weighted by Gasteiger charge is 2.14. The Balaban J connectivity index is 2.77. The van der Waals surface area contributed by atoms with Crippen molar-refractivity contribution >= 4 is 15.7 Å². The highest BCUT2D eigenvalue weighted by atomic mass is 32.2. The lowest BCUT2D eigenvalue weighted by Crippen LogP contribution is -2.39. The molecule has 0 bridgehead atoms. The zero-order chi connectivity index (χ0) is 15.2. The van der Waals surface area contributed by atoms with Crippen molar-refractivity contribution in [1.29, 1.82) is 0 Å². The van der Waals surface area contributed by atoms with E-state index in [2.05, 4.69) is 5.32 Å². The quantitative estimate of drug-likeness (QED) is 0.748. The van der Waals surface area contributed by atoms with Crippen molar-refractivity contribution in [2.24, 2.45) is 5.73 Å². The van der Waals surface area contributed by atoms with Crippen molar-refractivity contribution in [3.8, 4) is 0 Å². The molecule has 3 N–H and O–H groups in total. The van der Waals surface area contributed by atoms with Crippen LogP contribution in [-0.4, -0.2) is 46.9 Å². The van der Waals surface area contributed by atoms with Gasteiger partial charge in [-0.3, -0.25) is 4.79 Å². The molecule has 20 heavy (non-hydrogen) atoms. The van der Waals surface area contributed by atoms with E-state index in [0.29, 0.717) is 25.1 Å². The number of benzene rings is 1. The molecule has 0 saturated heterocycles. The van der Waals surface area contributed by atoms with Crippen LogP contribution in [0.1, 0.15) is 16.8 Å². The Labute approximate surface area is 119 Å². The minimum atomic E-state index is -3.25. The Kier molecular flexibility index (Phi) is 6.12. The van der Waals surface area contributed by atoms with Gasteiger partial charge < -0.3 is 15.8 Å². The van der Waals surface area contributed by atoms with Gasteiger partial charge in [-0.25, -0.2) is 8.42 Å². The number of methoxy groups -OCH3 is 1. The number of nitrogens with one attached hydrogen (secondary N) is 1. The summed E-state index contributed by atoms with van der Waals surface area (Å²) in [5, 5.41) is 2.80. The van der Waals surface area contributed by atoms with E-state index in [1.165, 1.54) is 24.3 Å². The summed E-state index contributed by atoms with van der Waals surface area (Å²) >= 11 is 0. The number of nitrogens with two attached hydrogens (primary N) is 1. The van der Waals surface area contributed by atoms with Gasteiger partial charge in [0.1, 0.15) is 0 Å². The Morgan fingerprint density at radius 3 is 2.40 bits per heavy atom. The van der Waals surface area contributed by atoms with Crippen LogP contribution in [0.25, 0.3) is 0 Å². The van der Waals surface area contributed by atoms with Crippen LogP contribution in [0.4, 0.5) is 0 Å². The van der Waals surface area contributed by atoms with Gasteiger partial charge in [-0.1, -0.05) is 0 Å². The molecule has 1 amide bonds. The predicted molar refractivity (Wildman–Crippen MR) is 76.4 cm³/mol. The lowest BCUT2D eigenvalue weighted by Gasteiger charge is -2.17. The molecule has 1 rings (SSSR count). The van der Waals surface area contributed by atoms with E-state index in [4.69, 9.17) is 10.5 Å². The monoisotopic (exact) mass is 300 g/mol. The first-order valence-electron chi connectivity index (χ1n) is 6.18. The second-order valence-corrected chi connectivity index (χ2v) is 6.52. The van der Waals surface area contributed by atoms with Crippen LogP contribution in [0.2, 0.25) is 0 Å². The maximum absolute atomic E-state index is 12.0. The number of amides is 1. The third kappa shape index (κ3) is 4.92. The van der Waals surface area contributed by atoms with Crippen LogP contribution in [0.5, 0.6) is 0 Å². The number of hydrogen-bond acceptors (Lipinski definition) is 5. The van der Waals surface area contributed by atoms with Gasteiger partial charge in [0.2, 0.25) is 0 Å². The fraction of sp³-hybridized carbons (Fsp3) is 0.462. The molecule has 0 fully saturated rings. The molecule has 0 aliphatic heterocycles. The molecule has 1 atom stereocenters. The van der Waals surface area contributed by atoms with Gasteiger partial charge in [-0.2, -0.15) is 0 Å². The topological polar surface area (TPSA) is 98.5 Å². The normalized spacial score (nSPS) is 12.9. The van der Waals surface area contributed by atoms with Crippen LogP contribution in [0, 0.1) is 0 Å². The summed E-state index contributed by atoms with van der Waals surface area (Å²) in [6, 6.07) is 5.64.